The molecule has 8 heteroatoms. The zero-order chi connectivity index (χ0) is 28.4. The van der Waals surface area contributed by atoms with Gasteiger partial charge in [-0.25, -0.2) is 4.79 Å². The van der Waals surface area contributed by atoms with E-state index in [0.717, 1.165) is 54.8 Å². The number of hydrogen-bond donors (Lipinski definition) is 3. The van der Waals surface area contributed by atoms with Crippen LogP contribution in [0.4, 0.5) is 4.79 Å². The van der Waals surface area contributed by atoms with Gasteiger partial charge in [0, 0.05) is 17.5 Å². The first-order chi connectivity index (χ1) is 18.4. The monoisotopic (exact) mass is 566 g/mol. The molecule has 0 aromatic carbocycles. The number of nitrogens with one attached hydrogen (secondary N) is 1. The average Bonchev–Trinajstić information content (AvgIpc) is 3.23. The van der Waals surface area contributed by atoms with Gasteiger partial charge in [0.25, 0.3) is 0 Å². The minimum Gasteiger partial charge on any atom is -0.446 e. The first-order valence-electron chi connectivity index (χ1n) is 15.5. The van der Waals surface area contributed by atoms with Crippen molar-refractivity contribution in [2.75, 3.05) is 13.2 Å². The summed E-state index contributed by atoms with van der Waals surface area (Å²) in [6, 6.07) is 0. The molecule has 222 valence electrons. The average molecular weight is 567 g/mol. The number of fused-ring (bicyclic) bond motifs is 5. The van der Waals surface area contributed by atoms with Crippen LogP contribution in [-0.2, 0) is 13.8 Å². The number of aliphatic hydroxyl groups is 1. The van der Waals surface area contributed by atoms with E-state index in [2.05, 4.69) is 50.5 Å². The van der Waals surface area contributed by atoms with Crippen LogP contribution in [-0.4, -0.2) is 41.5 Å². The summed E-state index contributed by atoms with van der Waals surface area (Å²) in [6.45, 7) is 11.9. The third kappa shape index (κ3) is 6.90. The van der Waals surface area contributed by atoms with Crippen LogP contribution in [0.1, 0.15) is 105 Å². The molecule has 0 spiro atoms. The molecular formula is C31H53NO6P+. The number of hydrogen-bond acceptors (Lipinski definition) is 5. The Morgan fingerprint density at radius 1 is 1.13 bits per heavy atom. The van der Waals surface area contributed by atoms with Crippen molar-refractivity contribution in [3.8, 4) is 0 Å². The Kier molecular flexibility index (Phi) is 10.2. The van der Waals surface area contributed by atoms with Crippen molar-refractivity contribution in [2.45, 2.75) is 117 Å². The molecule has 10 atom stereocenters. The van der Waals surface area contributed by atoms with Gasteiger partial charge in [0.1, 0.15) is 12.7 Å². The van der Waals surface area contributed by atoms with Gasteiger partial charge >= 0.3 is 14.3 Å². The fraction of sp³-hybridized carbons (Fsp3) is 0.903. The molecule has 0 bridgehead atoms. The van der Waals surface area contributed by atoms with Crippen molar-refractivity contribution in [1.29, 1.82) is 0 Å². The molecule has 0 saturated heterocycles. The minimum atomic E-state index is -2.77. The maximum Gasteiger partial charge on any atom is 0.694 e. The van der Waals surface area contributed by atoms with Crippen LogP contribution in [0.25, 0.3) is 0 Å². The molecule has 39 heavy (non-hydrogen) atoms. The predicted molar refractivity (Wildman–Crippen MR) is 153 cm³/mol. The van der Waals surface area contributed by atoms with Gasteiger partial charge in [0.05, 0.1) is 6.10 Å². The largest absolute Gasteiger partial charge is 0.694 e. The van der Waals surface area contributed by atoms with Crippen LogP contribution in [0.5, 0.6) is 0 Å². The molecule has 7 nitrogen and oxygen atoms in total. The van der Waals surface area contributed by atoms with E-state index in [1.54, 1.807) is 0 Å². The third-order valence-corrected chi connectivity index (χ3v) is 11.8. The van der Waals surface area contributed by atoms with Crippen molar-refractivity contribution in [1.82, 2.24) is 5.32 Å². The fourth-order valence-corrected chi connectivity index (χ4v) is 9.66. The van der Waals surface area contributed by atoms with E-state index in [-0.39, 0.29) is 24.7 Å². The van der Waals surface area contributed by atoms with Crippen molar-refractivity contribution in [3.63, 3.8) is 0 Å². The lowest BCUT2D eigenvalue weighted by Gasteiger charge is -2.58. The lowest BCUT2D eigenvalue weighted by atomic mass is 9.47. The topological polar surface area (TPSA) is 105 Å². The number of carbonyl (C=O) groups excluding carboxylic acids is 1. The zero-order valence-electron chi connectivity index (χ0n) is 24.9. The molecule has 4 aliphatic rings. The minimum absolute atomic E-state index is 0.0869. The molecule has 0 aromatic rings. The summed E-state index contributed by atoms with van der Waals surface area (Å²) >= 11 is 0. The Bertz CT molecular complexity index is 910. The molecule has 2 unspecified atom stereocenters. The molecule has 3 saturated carbocycles. The van der Waals surface area contributed by atoms with Crippen molar-refractivity contribution >= 4 is 14.3 Å². The molecule has 4 rings (SSSR count). The van der Waals surface area contributed by atoms with Gasteiger partial charge in [-0.05, 0) is 91.3 Å². The van der Waals surface area contributed by atoms with Crippen LogP contribution in [0.15, 0.2) is 11.6 Å². The summed E-state index contributed by atoms with van der Waals surface area (Å²) in [6.07, 6.45) is 14.2. The molecule has 4 aliphatic carbocycles. The summed E-state index contributed by atoms with van der Waals surface area (Å²) in [7, 11) is -2.77. The van der Waals surface area contributed by atoms with E-state index >= 15 is 0 Å². The SMILES string of the molecule is CC(C)CCC[C@@H](C)[C@H]1CC[C@H]2[C@@H]3CC=C4C[C@@H](OC(=O)NCC(O)CO[P+](=O)O)CC[C@]4(C)[C@H]3CC[C@]12C. The molecule has 0 aliphatic heterocycles. The molecule has 3 N–H and O–H groups in total. The third-order valence-electron chi connectivity index (χ3n) is 11.4. The Balaban J connectivity index is 1.33. The quantitative estimate of drug-likeness (QED) is 0.181. The predicted octanol–water partition coefficient (Wildman–Crippen LogP) is 7.15. The van der Waals surface area contributed by atoms with E-state index in [4.69, 9.17) is 9.63 Å². The van der Waals surface area contributed by atoms with Gasteiger partial charge in [-0.1, -0.05) is 65.5 Å². The second kappa shape index (κ2) is 12.9. The van der Waals surface area contributed by atoms with Gasteiger partial charge in [-0.2, -0.15) is 0 Å². The number of alkyl carbamates (subject to hydrolysis) is 1. The fourth-order valence-electron chi connectivity index (χ4n) is 9.36. The van der Waals surface area contributed by atoms with Gasteiger partial charge in [0.15, 0.2) is 0 Å². The molecule has 0 heterocycles. The Labute approximate surface area is 236 Å². The van der Waals surface area contributed by atoms with Gasteiger partial charge in [-0.3, -0.25) is 0 Å². The number of carbonyl (C=O) groups is 1. The zero-order valence-corrected chi connectivity index (χ0v) is 25.8. The highest BCUT2D eigenvalue weighted by atomic mass is 31.1. The maximum atomic E-state index is 12.4. The maximum absolute atomic E-state index is 12.4. The van der Waals surface area contributed by atoms with Crippen LogP contribution >= 0.6 is 8.25 Å². The number of rotatable bonds is 11. The van der Waals surface area contributed by atoms with Crippen LogP contribution < -0.4 is 5.32 Å². The number of aliphatic hydroxyl groups excluding tert-OH is 1. The summed E-state index contributed by atoms with van der Waals surface area (Å²) in [5, 5.41) is 12.3. The Morgan fingerprint density at radius 3 is 2.62 bits per heavy atom. The van der Waals surface area contributed by atoms with E-state index < -0.39 is 20.5 Å². The van der Waals surface area contributed by atoms with E-state index in [1.807, 2.05) is 0 Å². The Morgan fingerprint density at radius 2 is 1.90 bits per heavy atom. The Hall–Kier alpha value is -1.01. The highest BCUT2D eigenvalue weighted by molar-refractivity contribution is 7.32. The van der Waals surface area contributed by atoms with E-state index in [0.29, 0.717) is 5.41 Å². The summed E-state index contributed by atoms with van der Waals surface area (Å²) in [5.74, 6) is 4.85. The van der Waals surface area contributed by atoms with Gasteiger partial charge in [-0.15, -0.1) is 9.42 Å². The normalized spacial score (nSPS) is 37.7. The second-order valence-electron chi connectivity index (χ2n) is 14.1. The standard InChI is InChI=1S/C31H52NO6P/c1-20(2)7-6-8-21(3)26-11-12-27-25-10-9-22-17-24(38-29(34)32-18-23(33)19-37-39(35)36)13-15-30(22,4)28(25)14-16-31(26,27)5/h9,20-21,23-28,33H,6-8,10-19H2,1-5H3,(H-,32,34,35,36)/p+1/t21-,23?,24+,25+,26-,27+,28+,30+,31-/m1/s1. The van der Waals surface area contributed by atoms with Crippen molar-refractivity contribution in [3.05, 3.63) is 11.6 Å². The summed E-state index contributed by atoms with van der Waals surface area (Å²) in [4.78, 5) is 21.0. The second-order valence-corrected chi connectivity index (χ2v) is 14.9. The van der Waals surface area contributed by atoms with Crippen LogP contribution in [0.3, 0.4) is 0 Å². The lowest BCUT2D eigenvalue weighted by molar-refractivity contribution is -0.0582. The van der Waals surface area contributed by atoms with E-state index in [9.17, 15) is 14.5 Å². The molecule has 0 radical (unpaired) electrons. The molecule has 3 fully saturated rings. The van der Waals surface area contributed by atoms with Crippen molar-refractivity contribution < 1.29 is 28.6 Å². The number of ether oxygens (including phenoxy) is 1. The van der Waals surface area contributed by atoms with Crippen LogP contribution in [0.2, 0.25) is 0 Å². The highest BCUT2D eigenvalue weighted by Gasteiger charge is 2.59. The lowest BCUT2D eigenvalue weighted by Crippen LogP contribution is -2.51. The van der Waals surface area contributed by atoms with Gasteiger partial charge < -0.3 is 15.2 Å². The number of amides is 1. The number of allylic oxidation sites excluding steroid dienone is 1. The van der Waals surface area contributed by atoms with Gasteiger partial charge in [0.2, 0.25) is 0 Å². The van der Waals surface area contributed by atoms with E-state index in [1.165, 1.54) is 56.9 Å². The molecular weight excluding hydrogens is 513 g/mol. The highest BCUT2D eigenvalue weighted by Crippen LogP contribution is 2.67. The first-order valence-corrected chi connectivity index (χ1v) is 16.7. The van der Waals surface area contributed by atoms with Crippen molar-refractivity contribution in [2.24, 2.45) is 46.3 Å². The summed E-state index contributed by atoms with van der Waals surface area (Å²) in [5.41, 5.74) is 2.17. The smallest absolute Gasteiger partial charge is 0.446 e. The summed E-state index contributed by atoms with van der Waals surface area (Å²) < 4.78 is 20.8. The first kappa shape index (κ1) is 30.9. The van der Waals surface area contributed by atoms with Crippen LogP contribution in [0, 0.1) is 46.3 Å². The molecule has 1 amide bonds. The molecule has 0 aromatic heterocycles.